The van der Waals surface area contributed by atoms with Crippen LogP contribution >= 0.6 is 0 Å². The fraction of sp³-hybridized carbons (Fsp3) is 0.250. The van der Waals surface area contributed by atoms with Crippen LogP contribution in [0.4, 0.5) is 8.78 Å². The van der Waals surface area contributed by atoms with E-state index in [1.54, 1.807) is 0 Å². The molecule has 1 aromatic rings. The quantitative estimate of drug-likeness (QED) is 0.578. The van der Waals surface area contributed by atoms with Gasteiger partial charge in [-0.15, -0.1) is 5.11 Å². The summed E-state index contributed by atoms with van der Waals surface area (Å²) in [5.74, 6) is -1.09. The molecule has 9 heavy (non-hydrogen) atoms. The van der Waals surface area contributed by atoms with Gasteiger partial charge in [0, 0.05) is 0 Å². The summed E-state index contributed by atoms with van der Waals surface area (Å²) in [4.78, 5) is 2.96. The van der Waals surface area contributed by atoms with Crippen molar-refractivity contribution in [1.82, 2.24) is 4.98 Å². The molecule has 0 aliphatic rings. The van der Waals surface area contributed by atoms with Crippen LogP contribution in [0.3, 0.4) is 0 Å². The van der Waals surface area contributed by atoms with Crippen molar-refractivity contribution in [3.05, 3.63) is 18.4 Å². The van der Waals surface area contributed by atoms with Gasteiger partial charge in [-0.1, -0.05) is 0 Å². The van der Waals surface area contributed by atoms with Crippen molar-refractivity contribution in [3.8, 4) is 0 Å². The number of alkyl halides is 2. The summed E-state index contributed by atoms with van der Waals surface area (Å²) in [5, 5.41) is 9.68. The third-order valence-corrected chi connectivity index (χ3v) is 0.681. The number of oxazole rings is 1. The smallest absolute Gasteiger partial charge is 0.442 e. The van der Waals surface area contributed by atoms with Crippen LogP contribution in [0.2, 0.25) is 0 Å². The summed E-state index contributed by atoms with van der Waals surface area (Å²) in [6, 6.07) is 0. The van der Waals surface area contributed by atoms with Crippen LogP contribution in [-0.4, -0.2) is 4.98 Å². The Morgan fingerprint density at radius 1 is 1.67 bits per heavy atom. The summed E-state index contributed by atoms with van der Waals surface area (Å²) < 4.78 is 27.2. The van der Waals surface area contributed by atoms with Crippen molar-refractivity contribution in [1.29, 1.82) is 0 Å². The molecule has 0 aliphatic carbocycles. The molecule has 0 saturated carbocycles. The number of nitrogens with zero attached hydrogens (tertiary/aromatic N) is 1. The lowest BCUT2D eigenvalue weighted by molar-refractivity contribution is -0.266. The van der Waals surface area contributed by atoms with Crippen LogP contribution in [0.25, 0.3) is 0 Å². The van der Waals surface area contributed by atoms with Crippen molar-refractivity contribution in [3.63, 3.8) is 0 Å². The Kier molecular flexibility index (Phi) is 1.21. The summed E-state index contributed by atoms with van der Waals surface area (Å²) in [7, 11) is 0. The number of aromatic nitrogens is 1. The Morgan fingerprint density at radius 3 is 2.56 bits per heavy atom. The van der Waals surface area contributed by atoms with E-state index in [1.165, 1.54) is 0 Å². The molecule has 49 valence electrons. The minimum atomic E-state index is -4.20. The van der Waals surface area contributed by atoms with Crippen molar-refractivity contribution in [2.45, 2.75) is 6.11 Å². The first-order chi connectivity index (χ1) is 4.11. The second-order valence-electron chi connectivity index (χ2n) is 1.35. The van der Waals surface area contributed by atoms with Gasteiger partial charge < -0.3 is 4.42 Å². The van der Waals surface area contributed by atoms with Gasteiger partial charge in [0.2, 0.25) is 0 Å². The molecule has 0 saturated heterocycles. The van der Waals surface area contributed by atoms with E-state index in [0.717, 1.165) is 12.5 Å². The van der Waals surface area contributed by atoms with Gasteiger partial charge in [0.15, 0.2) is 0 Å². The predicted octanol–water partition coefficient (Wildman–Crippen LogP) is 1.15. The molecule has 0 bridgehead atoms. The molecular weight excluding hydrogens is 132 g/mol. The molecule has 1 heterocycles. The molecule has 0 aliphatic heterocycles. The van der Waals surface area contributed by atoms with Crippen molar-refractivity contribution >= 4 is 0 Å². The highest BCUT2D eigenvalue weighted by molar-refractivity contribution is 4.83. The zero-order valence-corrected chi connectivity index (χ0v) is 4.17. The van der Waals surface area contributed by atoms with Gasteiger partial charge in [-0.3, -0.25) is 0 Å². The summed E-state index contributed by atoms with van der Waals surface area (Å²) >= 11 is 0. The number of hydrogen-bond donors (Lipinski definition) is 0. The van der Waals surface area contributed by atoms with E-state index in [4.69, 9.17) is 0 Å². The summed E-state index contributed by atoms with van der Waals surface area (Å²) in [6.07, 6.45) is -2.30. The maximum absolute atomic E-state index is 11.6. The van der Waals surface area contributed by atoms with E-state index >= 15 is 0 Å². The van der Waals surface area contributed by atoms with E-state index in [-0.39, 0.29) is 0 Å². The molecule has 1 aromatic heterocycles. The largest absolute Gasteiger partial charge is 0.460 e. The van der Waals surface area contributed by atoms with Gasteiger partial charge >= 0.3 is 6.11 Å². The minimum absolute atomic E-state index is 0.918. The number of halogens is 2. The van der Waals surface area contributed by atoms with Gasteiger partial charge in [-0.05, 0) is 0 Å². The summed E-state index contributed by atoms with van der Waals surface area (Å²) in [5.41, 5.74) is 0. The highest BCUT2D eigenvalue weighted by atomic mass is 19.3. The monoisotopic (exact) mass is 134 g/mol. The fourth-order valence-electron chi connectivity index (χ4n) is 0.367. The molecule has 0 fully saturated rings. The molecule has 5 heteroatoms. The van der Waals surface area contributed by atoms with Crippen molar-refractivity contribution in [2.75, 3.05) is 0 Å². The Balaban J connectivity index is 2.90. The van der Waals surface area contributed by atoms with E-state index in [1.807, 2.05) is 0 Å². The summed E-state index contributed by atoms with van der Waals surface area (Å²) in [6.45, 7) is 0. The van der Waals surface area contributed by atoms with Crippen LogP contribution < -0.4 is 0 Å². The molecule has 1 rings (SSSR count). The standard InChI is InChI=1S/C4H2F2NO2/c5-4(6,8)3-7-1-2-9-3/h1-2H. The Morgan fingerprint density at radius 2 is 2.33 bits per heavy atom. The van der Waals surface area contributed by atoms with Crippen molar-refractivity contribution in [2.24, 2.45) is 0 Å². The van der Waals surface area contributed by atoms with Crippen LogP contribution in [-0.2, 0) is 11.2 Å². The molecule has 0 atom stereocenters. The van der Waals surface area contributed by atoms with Crippen LogP contribution in [0.5, 0.6) is 0 Å². The van der Waals surface area contributed by atoms with Crippen LogP contribution in [0.15, 0.2) is 16.9 Å². The molecule has 0 spiro atoms. The molecule has 0 unspecified atom stereocenters. The molecule has 0 aromatic carbocycles. The SMILES string of the molecule is [O]C(F)(F)c1ncco1. The zero-order chi connectivity index (χ0) is 6.91. The molecular formula is C4H2F2NO2. The van der Waals surface area contributed by atoms with Crippen LogP contribution in [0.1, 0.15) is 5.89 Å². The van der Waals surface area contributed by atoms with Gasteiger partial charge in [0.1, 0.15) is 6.26 Å². The lowest BCUT2D eigenvalue weighted by Crippen LogP contribution is -2.09. The van der Waals surface area contributed by atoms with E-state index in [2.05, 4.69) is 9.40 Å². The predicted molar refractivity (Wildman–Crippen MR) is 21.1 cm³/mol. The second-order valence-corrected chi connectivity index (χ2v) is 1.35. The highest BCUT2D eigenvalue weighted by Gasteiger charge is 2.35. The average Bonchev–Trinajstić information content (AvgIpc) is 2.08. The van der Waals surface area contributed by atoms with E-state index in [0.29, 0.717) is 0 Å². The highest BCUT2D eigenvalue weighted by Crippen LogP contribution is 2.22. The number of rotatable bonds is 1. The second kappa shape index (κ2) is 1.77. The Hall–Kier alpha value is -0.970. The third kappa shape index (κ3) is 1.23. The van der Waals surface area contributed by atoms with Gasteiger partial charge in [-0.2, -0.15) is 8.78 Å². The first-order valence-electron chi connectivity index (χ1n) is 2.09. The minimum Gasteiger partial charge on any atom is -0.442 e. The van der Waals surface area contributed by atoms with Gasteiger partial charge in [-0.25, -0.2) is 4.98 Å². The average molecular weight is 134 g/mol. The lowest BCUT2D eigenvalue weighted by atomic mass is 10.6. The Labute approximate surface area is 48.9 Å². The van der Waals surface area contributed by atoms with E-state index < -0.39 is 12.0 Å². The van der Waals surface area contributed by atoms with Crippen molar-refractivity contribution < 1.29 is 18.3 Å². The molecule has 0 N–H and O–H groups in total. The molecule has 1 radical (unpaired) electrons. The number of hydrogen-bond acceptors (Lipinski definition) is 2. The Bertz CT molecular complexity index is 179. The van der Waals surface area contributed by atoms with E-state index in [9.17, 15) is 13.9 Å². The third-order valence-electron chi connectivity index (χ3n) is 0.681. The maximum Gasteiger partial charge on any atom is 0.460 e. The first kappa shape index (κ1) is 6.15. The van der Waals surface area contributed by atoms with Crippen LogP contribution in [0, 0.1) is 0 Å². The normalized spacial score (nSPS) is 11.9. The first-order valence-corrected chi connectivity index (χ1v) is 2.09. The zero-order valence-electron chi connectivity index (χ0n) is 4.17. The fourth-order valence-corrected chi connectivity index (χ4v) is 0.367. The van der Waals surface area contributed by atoms with Gasteiger partial charge in [0.25, 0.3) is 5.89 Å². The molecule has 3 nitrogen and oxygen atoms in total. The molecule has 0 amide bonds. The maximum atomic E-state index is 11.6. The van der Waals surface area contributed by atoms with Gasteiger partial charge in [0.05, 0.1) is 6.20 Å². The lowest BCUT2D eigenvalue weighted by Gasteiger charge is -1.96. The topological polar surface area (TPSA) is 45.9 Å².